The monoisotopic (exact) mass is 247 g/mol. The second-order valence-corrected chi connectivity index (χ2v) is 4.11. The molecule has 94 valence electrons. The van der Waals surface area contributed by atoms with E-state index in [9.17, 15) is 4.79 Å². The van der Waals surface area contributed by atoms with Crippen LogP contribution in [0.3, 0.4) is 0 Å². The maximum absolute atomic E-state index is 11.6. The van der Waals surface area contributed by atoms with Gasteiger partial charge in [-0.2, -0.15) is 0 Å². The molecule has 0 radical (unpaired) electrons. The smallest absolute Gasteiger partial charge is 0.156 e. The molecule has 3 nitrogen and oxygen atoms in total. The third-order valence-electron chi connectivity index (χ3n) is 2.49. The molecule has 0 saturated carbocycles. The maximum Gasteiger partial charge on any atom is 0.156 e. The largest absolute Gasteiger partial charge is 0.382 e. The van der Waals surface area contributed by atoms with Crippen molar-refractivity contribution in [3.05, 3.63) is 0 Å². The van der Waals surface area contributed by atoms with E-state index >= 15 is 0 Å². The Morgan fingerprint density at radius 1 is 1.44 bits per heavy atom. The van der Waals surface area contributed by atoms with E-state index < -0.39 is 0 Å². The standard InChI is InChI=1S/C12H22ClNO2/c1-5-10(12(15)7-13)11(6-2)14-9(3)8-16-4/h9-10H,5-8H2,1-4H3. The highest BCUT2D eigenvalue weighted by molar-refractivity contribution is 6.30. The first-order valence-corrected chi connectivity index (χ1v) is 6.28. The summed E-state index contributed by atoms with van der Waals surface area (Å²) in [5, 5.41) is 0. The molecule has 0 bridgehead atoms. The van der Waals surface area contributed by atoms with Crippen LogP contribution < -0.4 is 0 Å². The number of hydrogen-bond donors (Lipinski definition) is 0. The molecule has 2 atom stereocenters. The van der Waals surface area contributed by atoms with Crippen LogP contribution in [0, 0.1) is 5.92 Å². The van der Waals surface area contributed by atoms with E-state index in [2.05, 4.69) is 4.99 Å². The van der Waals surface area contributed by atoms with Gasteiger partial charge in [-0.05, 0) is 19.8 Å². The van der Waals surface area contributed by atoms with Gasteiger partial charge in [-0.1, -0.05) is 13.8 Å². The van der Waals surface area contributed by atoms with Gasteiger partial charge >= 0.3 is 0 Å². The van der Waals surface area contributed by atoms with Gasteiger partial charge in [0.05, 0.1) is 24.4 Å². The Labute approximate surface area is 103 Å². The number of ketones is 1. The third kappa shape index (κ3) is 5.08. The second-order valence-electron chi connectivity index (χ2n) is 3.84. The summed E-state index contributed by atoms with van der Waals surface area (Å²) >= 11 is 5.60. The normalized spacial score (nSPS) is 15.9. The highest BCUT2D eigenvalue weighted by atomic mass is 35.5. The van der Waals surface area contributed by atoms with Gasteiger partial charge in [0, 0.05) is 12.8 Å². The lowest BCUT2D eigenvalue weighted by molar-refractivity contribution is -0.118. The van der Waals surface area contributed by atoms with Gasteiger partial charge in [0.1, 0.15) is 0 Å². The van der Waals surface area contributed by atoms with Gasteiger partial charge < -0.3 is 4.74 Å². The molecule has 0 saturated heterocycles. The molecular weight excluding hydrogens is 226 g/mol. The van der Waals surface area contributed by atoms with Crippen LogP contribution in [-0.4, -0.2) is 37.1 Å². The van der Waals surface area contributed by atoms with Crippen molar-refractivity contribution in [3.63, 3.8) is 0 Å². The topological polar surface area (TPSA) is 38.7 Å². The van der Waals surface area contributed by atoms with Gasteiger partial charge in [0.2, 0.25) is 0 Å². The SMILES string of the molecule is CCC(=NC(C)COC)C(CC)C(=O)CCl. The molecule has 0 aliphatic rings. The van der Waals surface area contributed by atoms with Crippen LogP contribution in [0.5, 0.6) is 0 Å². The Kier molecular flexibility index (Phi) is 8.49. The Morgan fingerprint density at radius 3 is 2.44 bits per heavy atom. The van der Waals surface area contributed by atoms with Crippen LogP contribution in [-0.2, 0) is 9.53 Å². The minimum Gasteiger partial charge on any atom is -0.382 e. The number of methoxy groups -OCH3 is 1. The van der Waals surface area contributed by atoms with Gasteiger partial charge in [0.15, 0.2) is 5.78 Å². The Bertz CT molecular complexity index is 241. The molecular formula is C12H22ClNO2. The van der Waals surface area contributed by atoms with E-state index in [-0.39, 0.29) is 23.6 Å². The summed E-state index contributed by atoms with van der Waals surface area (Å²) in [7, 11) is 1.65. The molecule has 0 N–H and O–H groups in total. The van der Waals surface area contributed by atoms with E-state index in [1.54, 1.807) is 7.11 Å². The first-order valence-electron chi connectivity index (χ1n) is 5.74. The van der Waals surface area contributed by atoms with Gasteiger partial charge in [-0.3, -0.25) is 9.79 Å². The fourth-order valence-corrected chi connectivity index (χ4v) is 1.92. The predicted octanol–water partition coefficient (Wildman–Crippen LogP) is 2.71. The highest BCUT2D eigenvalue weighted by Crippen LogP contribution is 2.12. The minimum absolute atomic E-state index is 0.0642. The lowest BCUT2D eigenvalue weighted by Gasteiger charge is -2.16. The van der Waals surface area contributed by atoms with Crippen LogP contribution in [0.2, 0.25) is 0 Å². The van der Waals surface area contributed by atoms with Gasteiger partial charge in [-0.25, -0.2) is 0 Å². The van der Waals surface area contributed by atoms with Crippen molar-refractivity contribution in [2.45, 2.75) is 39.7 Å². The van der Waals surface area contributed by atoms with Gasteiger partial charge in [0.25, 0.3) is 0 Å². The van der Waals surface area contributed by atoms with E-state index in [0.29, 0.717) is 6.61 Å². The lowest BCUT2D eigenvalue weighted by Crippen LogP contribution is -2.26. The van der Waals surface area contributed by atoms with Crippen molar-refractivity contribution in [1.29, 1.82) is 0 Å². The van der Waals surface area contributed by atoms with Crippen molar-refractivity contribution in [2.75, 3.05) is 19.6 Å². The van der Waals surface area contributed by atoms with Crippen LogP contribution in [0.25, 0.3) is 0 Å². The van der Waals surface area contributed by atoms with E-state index in [4.69, 9.17) is 16.3 Å². The molecule has 0 rings (SSSR count). The number of ether oxygens (including phenoxy) is 1. The number of hydrogen-bond acceptors (Lipinski definition) is 3. The zero-order chi connectivity index (χ0) is 12.6. The molecule has 0 aromatic rings. The minimum atomic E-state index is -0.123. The van der Waals surface area contributed by atoms with Crippen LogP contribution in [0.4, 0.5) is 0 Å². The number of nitrogens with zero attached hydrogens (tertiary/aromatic N) is 1. The van der Waals surface area contributed by atoms with Crippen molar-refractivity contribution in [3.8, 4) is 0 Å². The molecule has 0 aliphatic carbocycles. The fourth-order valence-electron chi connectivity index (χ4n) is 1.73. The van der Waals surface area contributed by atoms with Crippen molar-refractivity contribution >= 4 is 23.1 Å². The fraction of sp³-hybridized carbons (Fsp3) is 0.833. The summed E-state index contributed by atoms with van der Waals surface area (Å²) in [6.07, 6.45) is 1.55. The van der Waals surface area contributed by atoms with Crippen molar-refractivity contribution < 1.29 is 9.53 Å². The van der Waals surface area contributed by atoms with Crippen LogP contribution in [0.1, 0.15) is 33.6 Å². The number of Topliss-reactive ketones (excluding diaryl/α,β-unsaturated/α-hetero) is 1. The Hall–Kier alpha value is -0.410. The molecule has 4 heteroatoms. The average molecular weight is 248 g/mol. The van der Waals surface area contributed by atoms with Crippen molar-refractivity contribution in [1.82, 2.24) is 0 Å². The molecule has 0 aromatic heterocycles. The molecule has 0 aliphatic heterocycles. The summed E-state index contributed by atoms with van der Waals surface area (Å²) < 4.78 is 5.03. The Balaban J connectivity index is 4.72. The van der Waals surface area contributed by atoms with Crippen LogP contribution in [0.15, 0.2) is 4.99 Å². The number of rotatable bonds is 8. The zero-order valence-electron chi connectivity index (χ0n) is 10.6. The van der Waals surface area contributed by atoms with E-state index in [1.165, 1.54) is 0 Å². The molecule has 0 amide bonds. The number of carbonyl (C=O) groups excluding carboxylic acids is 1. The van der Waals surface area contributed by atoms with E-state index in [0.717, 1.165) is 18.6 Å². The summed E-state index contributed by atoms with van der Waals surface area (Å²) in [6, 6.07) is 0.0946. The van der Waals surface area contributed by atoms with E-state index in [1.807, 2.05) is 20.8 Å². The highest BCUT2D eigenvalue weighted by Gasteiger charge is 2.20. The summed E-state index contributed by atoms with van der Waals surface area (Å²) in [4.78, 5) is 16.2. The van der Waals surface area contributed by atoms with Crippen LogP contribution >= 0.6 is 11.6 Å². The quantitative estimate of drug-likeness (QED) is 0.489. The number of aliphatic imine (C=N–C) groups is 1. The van der Waals surface area contributed by atoms with Gasteiger partial charge in [-0.15, -0.1) is 11.6 Å². The summed E-state index contributed by atoms with van der Waals surface area (Å²) in [5.74, 6) is 0.00658. The zero-order valence-corrected chi connectivity index (χ0v) is 11.4. The molecule has 16 heavy (non-hydrogen) atoms. The molecule has 0 fully saturated rings. The number of alkyl halides is 1. The third-order valence-corrected chi connectivity index (χ3v) is 2.75. The predicted molar refractivity (Wildman–Crippen MR) is 68.6 cm³/mol. The lowest BCUT2D eigenvalue weighted by atomic mass is 9.94. The molecule has 0 heterocycles. The maximum atomic E-state index is 11.6. The molecule has 0 aromatic carbocycles. The first kappa shape index (κ1) is 15.6. The number of halogens is 1. The summed E-state index contributed by atoms with van der Waals surface area (Å²) in [5.41, 5.74) is 0.942. The first-order chi connectivity index (χ1) is 7.60. The van der Waals surface area contributed by atoms with Crippen molar-refractivity contribution in [2.24, 2.45) is 10.9 Å². The Morgan fingerprint density at radius 2 is 2.06 bits per heavy atom. The second kappa shape index (κ2) is 8.71. The summed E-state index contributed by atoms with van der Waals surface area (Å²) in [6.45, 7) is 6.57. The average Bonchev–Trinajstić information content (AvgIpc) is 2.28. The number of carbonyl (C=O) groups is 1. The molecule has 2 unspecified atom stereocenters. The molecule has 0 spiro atoms.